The van der Waals surface area contributed by atoms with Crippen molar-refractivity contribution in [2.24, 2.45) is 0 Å². The molecule has 2 aliphatic heterocycles. The maximum absolute atomic E-state index is 11.3. The highest BCUT2D eigenvalue weighted by molar-refractivity contribution is 6.21. The lowest BCUT2D eigenvalue weighted by Gasteiger charge is -2.32. The van der Waals surface area contributed by atoms with Crippen LogP contribution in [-0.2, 0) is 4.79 Å². The number of halogens is 1. The quantitative estimate of drug-likeness (QED) is 0.319. The lowest BCUT2D eigenvalue weighted by molar-refractivity contribution is -0.126. The SMILES string of the molecule is CN1CNC2C(=O)NC(Cl)NC21. The van der Waals surface area contributed by atoms with Gasteiger partial charge in [0.1, 0.15) is 6.04 Å². The average molecular weight is 191 g/mol. The molecule has 3 N–H and O–H groups in total. The van der Waals surface area contributed by atoms with Crippen molar-refractivity contribution >= 4 is 17.5 Å². The fourth-order valence-electron chi connectivity index (χ4n) is 1.57. The molecule has 0 bridgehead atoms. The Morgan fingerprint density at radius 3 is 3.17 bits per heavy atom. The molecule has 0 spiro atoms. The summed E-state index contributed by atoms with van der Waals surface area (Å²) in [6.45, 7) is 0.708. The maximum atomic E-state index is 11.3. The standard InChI is InChI=1S/C6H11ClN4O/c1-11-2-8-3-4(11)9-6(7)10-5(3)12/h3-4,6,8-9H,2H2,1H3,(H,10,12). The molecule has 6 heteroatoms. The first-order valence-electron chi connectivity index (χ1n) is 3.82. The number of carbonyl (C=O) groups is 1. The van der Waals surface area contributed by atoms with Crippen molar-refractivity contribution in [3.05, 3.63) is 0 Å². The highest BCUT2D eigenvalue weighted by Gasteiger charge is 2.41. The summed E-state index contributed by atoms with van der Waals surface area (Å²) in [6, 6.07) is -0.176. The number of hydrogen-bond donors (Lipinski definition) is 3. The third-order valence-corrected chi connectivity index (χ3v) is 2.45. The van der Waals surface area contributed by atoms with Crippen molar-refractivity contribution in [2.45, 2.75) is 17.8 Å². The van der Waals surface area contributed by atoms with Crippen LogP contribution in [0.3, 0.4) is 0 Å². The van der Waals surface area contributed by atoms with E-state index in [0.717, 1.165) is 0 Å². The van der Waals surface area contributed by atoms with Crippen LogP contribution < -0.4 is 16.0 Å². The predicted molar refractivity (Wildman–Crippen MR) is 44.3 cm³/mol. The Morgan fingerprint density at radius 2 is 2.42 bits per heavy atom. The van der Waals surface area contributed by atoms with Crippen LogP contribution in [0.4, 0.5) is 0 Å². The van der Waals surface area contributed by atoms with Crippen molar-refractivity contribution in [1.29, 1.82) is 0 Å². The van der Waals surface area contributed by atoms with Gasteiger partial charge in [0, 0.05) is 6.67 Å². The van der Waals surface area contributed by atoms with E-state index >= 15 is 0 Å². The van der Waals surface area contributed by atoms with Gasteiger partial charge in [0.2, 0.25) is 5.91 Å². The van der Waals surface area contributed by atoms with Gasteiger partial charge in [-0.05, 0) is 7.05 Å². The largest absolute Gasteiger partial charge is 0.326 e. The van der Waals surface area contributed by atoms with Gasteiger partial charge in [0.15, 0.2) is 5.62 Å². The molecular weight excluding hydrogens is 180 g/mol. The van der Waals surface area contributed by atoms with Crippen LogP contribution in [0.25, 0.3) is 0 Å². The number of likely N-dealkylation sites (N-methyl/N-ethyl adjacent to an activating group) is 1. The zero-order chi connectivity index (χ0) is 8.72. The lowest BCUT2D eigenvalue weighted by Crippen LogP contribution is -2.65. The summed E-state index contributed by atoms with van der Waals surface area (Å²) >= 11 is 5.75. The summed E-state index contributed by atoms with van der Waals surface area (Å²) < 4.78 is 0. The minimum Gasteiger partial charge on any atom is -0.326 e. The van der Waals surface area contributed by atoms with E-state index in [0.29, 0.717) is 6.67 Å². The van der Waals surface area contributed by atoms with E-state index in [-0.39, 0.29) is 18.1 Å². The molecule has 0 radical (unpaired) electrons. The van der Waals surface area contributed by atoms with Gasteiger partial charge in [-0.3, -0.25) is 20.3 Å². The molecular formula is C6H11ClN4O. The van der Waals surface area contributed by atoms with Crippen LogP contribution in [0.1, 0.15) is 0 Å². The van der Waals surface area contributed by atoms with Gasteiger partial charge in [0.05, 0.1) is 6.17 Å². The monoisotopic (exact) mass is 190 g/mol. The molecule has 0 aromatic heterocycles. The lowest BCUT2D eigenvalue weighted by atomic mass is 10.2. The Hall–Kier alpha value is -0.360. The van der Waals surface area contributed by atoms with Gasteiger partial charge in [-0.1, -0.05) is 11.6 Å². The number of hydrogen-bond acceptors (Lipinski definition) is 4. The van der Waals surface area contributed by atoms with Gasteiger partial charge in [-0.15, -0.1) is 0 Å². The second-order valence-electron chi connectivity index (χ2n) is 3.08. The molecule has 2 rings (SSSR count). The Kier molecular flexibility index (Phi) is 1.96. The van der Waals surface area contributed by atoms with E-state index in [1.165, 1.54) is 0 Å². The molecule has 5 nitrogen and oxygen atoms in total. The van der Waals surface area contributed by atoms with E-state index in [1.54, 1.807) is 0 Å². The Bertz CT molecular complexity index is 212. The van der Waals surface area contributed by atoms with E-state index in [1.807, 2.05) is 11.9 Å². The molecule has 2 saturated heterocycles. The van der Waals surface area contributed by atoms with Gasteiger partial charge >= 0.3 is 0 Å². The molecule has 2 heterocycles. The first-order chi connectivity index (χ1) is 5.68. The summed E-state index contributed by atoms with van der Waals surface area (Å²) in [5.41, 5.74) is -0.457. The van der Waals surface area contributed by atoms with Crippen molar-refractivity contribution in [3.8, 4) is 0 Å². The van der Waals surface area contributed by atoms with Crippen LogP contribution in [0, 0.1) is 0 Å². The molecule has 2 fully saturated rings. The van der Waals surface area contributed by atoms with E-state index in [4.69, 9.17) is 11.6 Å². The van der Waals surface area contributed by atoms with Crippen LogP contribution in [0.5, 0.6) is 0 Å². The van der Waals surface area contributed by atoms with Crippen molar-refractivity contribution in [1.82, 2.24) is 20.9 Å². The molecule has 0 saturated carbocycles. The molecule has 1 amide bonds. The molecule has 2 aliphatic rings. The summed E-state index contributed by atoms with van der Waals surface area (Å²) in [5.74, 6) is -0.0388. The van der Waals surface area contributed by atoms with E-state index in [2.05, 4.69) is 16.0 Å². The van der Waals surface area contributed by atoms with Crippen molar-refractivity contribution in [3.63, 3.8) is 0 Å². The minimum atomic E-state index is -0.457. The minimum absolute atomic E-state index is 0.0150. The number of rotatable bonds is 0. The predicted octanol–water partition coefficient (Wildman–Crippen LogP) is -1.58. The van der Waals surface area contributed by atoms with E-state index < -0.39 is 5.62 Å². The third-order valence-electron chi connectivity index (χ3n) is 2.22. The number of nitrogens with one attached hydrogen (secondary N) is 3. The third kappa shape index (κ3) is 1.19. The fourth-order valence-corrected chi connectivity index (χ4v) is 1.81. The molecule has 0 aliphatic carbocycles. The van der Waals surface area contributed by atoms with Gasteiger partial charge in [-0.2, -0.15) is 0 Å². The first kappa shape index (κ1) is 8.25. The molecule has 12 heavy (non-hydrogen) atoms. The van der Waals surface area contributed by atoms with Crippen LogP contribution in [0.2, 0.25) is 0 Å². The topological polar surface area (TPSA) is 56.4 Å². The summed E-state index contributed by atoms with van der Waals surface area (Å²) in [4.78, 5) is 13.3. The molecule has 0 aromatic rings. The Morgan fingerprint density at radius 1 is 1.67 bits per heavy atom. The van der Waals surface area contributed by atoms with Gasteiger partial charge in [-0.25, -0.2) is 0 Å². The number of nitrogens with zero attached hydrogens (tertiary/aromatic N) is 1. The van der Waals surface area contributed by atoms with Gasteiger partial charge < -0.3 is 5.32 Å². The zero-order valence-electron chi connectivity index (χ0n) is 6.67. The Labute approximate surface area is 75.4 Å². The number of fused-ring (bicyclic) bond motifs is 1. The van der Waals surface area contributed by atoms with E-state index in [9.17, 15) is 4.79 Å². The Balaban J connectivity index is 2.14. The van der Waals surface area contributed by atoms with Crippen molar-refractivity contribution < 1.29 is 4.79 Å². The van der Waals surface area contributed by atoms with Gasteiger partial charge in [0.25, 0.3) is 0 Å². The average Bonchev–Trinajstić information content (AvgIpc) is 2.33. The number of amides is 1. The first-order valence-corrected chi connectivity index (χ1v) is 4.26. The molecule has 3 atom stereocenters. The summed E-state index contributed by atoms with van der Waals surface area (Å²) in [6.07, 6.45) is 0.0150. The summed E-state index contributed by atoms with van der Waals surface area (Å²) in [5, 5.41) is 8.72. The summed E-state index contributed by atoms with van der Waals surface area (Å²) in [7, 11) is 1.94. The molecule has 68 valence electrons. The normalized spacial score (nSPS) is 42.5. The van der Waals surface area contributed by atoms with Crippen LogP contribution >= 0.6 is 11.6 Å². The number of alkyl halides is 1. The molecule has 3 unspecified atom stereocenters. The second kappa shape index (κ2) is 2.85. The highest BCUT2D eigenvalue weighted by atomic mass is 35.5. The molecule has 0 aromatic carbocycles. The van der Waals surface area contributed by atoms with Crippen molar-refractivity contribution in [2.75, 3.05) is 13.7 Å². The zero-order valence-corrected chi connectivity index (χ0v) is 7.43. The fraction of sp³-hybridized carbons (Fsp3) is 0.833. The smallest absolute Gasteiger partial charge is 0.242 e. The van der Waals surface area contributed by atoms with Crippen LogP contribution in [-0.4, -0.2) is 42.4 Å². The number of carbonyl (C=O) groups excluding carboxylic acids is 1. The second-order valence-corrected chi connectivity index (χ2v) is 3.52. The highest BCUT2D eigenvalue weighted by Crippen LogP contribution is 2.12. The maximum Gasteiger partial charge on any atom is 0.242 e. The van der Waals surface area contributed by atoms with Crippen LogP contribution in [0.15, 0.2) is 0 Å².